The SMILES string of the molecule is Cn1cncc1-c1nc(C(=O)NC2CCC(OCC(F)(F)F)CC2)cc(C2CCC(F)(F)CC2)n1. The van der Waals surface area contributed by atoms with Crippen LogP contribution in [0.3, 0.4) is 0 Å². The second kappa shape index (κ2) is 10.2. The molecule has 2 aromatic rings. The fraction of sp³-hybridized carbons (Fsp3) is 0.652. The van der Waals surface area contributed by atoms with Crippen LogP contribution < -0.4 is 5.32 Å². The number of hydrogen-bond acceptors (Lipinski definition) is 5. The highest BCUT2D eigenvalue weighted by Crippen LogP contribution is 2.40. The normalized spacial score (nSPS) is 23.3. The second-order valence-corrected chi connectivity index (χ2v) is 9.39. The minimum atomic E-state index is -4.37. The molecule has 1 N–H and O–H groups in total. The molecule has 2 fully saturated rings. The van der Waals surface area contributed by atoms with Gasteiger partial charge in [0, 0.05) is 37.5 Å². The van der Waals surface area contributed by atoms with Crippen LogP contribution in [0.15, 0.2) is 18.6 Å². The maximum absolute atomic E-state index is 13.7. The minimum absolute atomic E-state index is 0.124. The lowest BCUT2D eigenvalue weighted by Gasteiger charge is -2.29. The Bertz CT molecular complexity index is 1020. The summed E-state index contributed by atoms with van der Waals surface area (Å²) in [6, 6.07) is 1.33. The van der Waals surface area contributed by atoms with Crippen molar-refractivity contribution in [2.45, 2.75) is 81.5 Å². The van der Waals surface area contributed by atoms with Gasteiger partial charge in [-0.15, -0.1) is 0 Å². The Morgan fingerprint density at radius 1 is 1.14 bits per heavy atom. The Hall–Kier alpha value is -2.63. The molecule has 0 aromatic carbocycles. The van der Waals surface area contributed by atoms with Crippen molar-refractivity contribution in [3.8, 4) is 11.5 Å². The van der Waals surface area contributed by atoms with Crippen LogP contribution in [0, 0.1) is 0 Å². The number of halogens is 5. The van der Waals surface area contributed by atoms with Crippen molar-refractivity contribution in [2.24, 2.45) is 7.05 Å². The summed E-state index contributed by atoms with van der Waals surface area (Å²) >= 11 is 0. The van der Waals surface area contributed by atoms with E-state index in [1.54, 1.807) is 30.2 Å². The molecule has 12 heteroatoms. The Morgan fingerprint density at radius 3 is 2.43 bits per heavy atom. The molecule has 4 rings (SSSR count). The molecule has 0 atom stereocenters. The van der Waals surface area contributed by atoms with Gasteiger partial charge in [-0.3, -0.25) is 4.79 Å². The van der Waals surface area contributed by atoms with E-state index in [4.69, 9.17) is 4.74 Å². The van der Waals surface area contributed by atoms with Crippen LogP contribution in [-0.2, 0) is 11.8 Å². The van der Waals surface area contributed by atoms with Crippen molar-refractivity contribution in [3.05, 3.63) is 30.0 Å². The number of imidazole rings is 1. The van der Waals surface area contributed by atoms with Gasteiger partial charge in [-0.25, -0.2) is 23.7 Å². The molecule has 2 aliphatic rings. The van der Waals surface area contributed by atoms with E-state index in [1.165, 1.54) is 0 Å². The fourth-order valence-corrected chi connectivity index (χ4v) is 4.66. The summed E-state index contributed by atoms with van der Waals surface area (Å²) in [6.45, 7) is -1.28. The first-order valence-corrected chi connectivity index (χ1v) is 11.7. The zero-order valence-electron chi connectivity index (χ0n) is 19.3. The predicted molar refractivity (Wildman–Crippen MR) is 116 cm³/mol. The molecule has 2 aromatic heterocycles. The fourth-order valence-electron chi connectivity index (χ4n) is 4.66. The van der Waals surface area contributed by atoms with E-state index in [0.717, 1.165) is 0 Å². The lowest BCUT2D eigenvalue weighted by Crippen LogP contribution is -2.40. The molecule has 35 heavy (non-hydrogen) atoms. The summed E-state index contributed by atoms with van der Waals surface area (Å²) in [5.74, 6) is -3.04. The first-order chi connectivity index (χ1) is 16.5. The first-order valence-electron chi connectivity index (χ1n) is 11.7. The lowest BCUT2D eigenvalue weighted by molar-refractivity contribution is -0.188. The predicted octanol–water partition coefficient (Wildman–Crippen LogP) is 4.79. The summed E-state index contributed by atoms with van der Waals surface area (Å²) in [5.41, 5.74) is 1.25. The van der Waals surface area contributed by atoms with Crippen molar-refractivity contribution >= 4 is 5.91 Å². The second-order valence-electron chi connectivity index (χ2n) is 9.39. The molecule has 0 radical (unpaired) electrons. The number of rotatable bonds is 6. The van der Waals surface area contributed by atoms with E-state index in [1.807, 2.05) is 0 Å². The third kappa shape index (κ3) is 6.74. The summed E-state index contributed by atoms with van der Waals surface area (Å²) in [5, 5.41) is 2.91. The molecule has 0 unspecified atom stereocenters. The number of nitrogens with zero attached hydrogens (tertiary/aromatic N) is 4. The van der Waals surface area contributed by atoms with E-state index in [0.29, 0.717) is 37.1 Å². The Kier molecular flexibility index (Phi) is 7.39. The third-order valence-corrected chi connectivity index (χ3v) is 6.65. The van der Waals surface area contributed by atoms with Gasteiger partial charge in [0.1, 0.15) is 18.0 Å². The molecule has 0 bridgehead atoms. The molecular weight excluding hydrogens is 473 g/mol. The summed E-state index contributed by atoms with van der Waals surface area (Å²) in [7, 11) is 1.76. The largest absolute Gasteiger partial charge is 0.411 e. The van der Waals surface area contributed by atoms with Crippen LogP contribution in [0.5, 0.6) is 0 Å². The highest BCUT2D eigenvalue weighted by atomic mass is 19.4. The monoisotopic (exact) mass is 501 g/mol. The molecule has 2 saturated carbocycles. The third-order valence-electron chi connectivity index (χ3n) is 6.65. The maximum atomic E-state index is 13.7. The van der Waals surface area contributed by atoms with Gasteiger partial charge >= 0.3 is 6.18 Å². The van der Waals surface area contributed by atoms with Crippen LogP contribution in [0.25, 0.3) is 11.5 Å². The van der Waals surface area contributed by atoms with Gasteiger partial charge in [0.05, 0.1) is 18.6 Å². The van der Waals surface area contributed by atoms with Crippen LogP contribution in [0.4, 0.5) is 22.0 Å². The average Bonchev–Trinajstić information content (AvgIpc) is 3.23. The quantitative estimate of drug-likeness (QED) is 0.576. The van der Waals surface area contributed by atoms with Gasteiger partial charge in [0.25, 0.3) is 5.91 Å². The molecule has 0 spiro atoms. The van der Waals surface area contributed by atoms with Gasteiger partial charge in [0.2, 0.25) is 5.92 Å². The van der Waals surface area contributed by atoms with Gasteiger partial charge in [-0.05, 0) is 44.6 Å². The van der Waals surface area contributed by atoms with Crippen molar-refractivity contribution in [1.82, 2.24) is 24.8 Å². The number of aromatic nitrogens is 4. The smallest absolute Gasteiger partial charge is 0.369 e. The number of carbonyl (C=O) groups excluding carboxylic acids is 1. The average molecular weight is 502 g/mol. The van der Waals surface area contributed by atoms with Gasteiger partial charge in [-0.1, -0.05) is 0 Å². The molecule has 0 aliphatic heterocycles. The van der Waals surface area contributed by atoms with Gasteiger partial charge < -0.3 is 14.6 Å². The zero-order valence-corrected chi connectivity index (χ0v) is 19.3. The van der Waals surface area contributed by atoms with Crippen molar-refractivity contribution in [2.75, 3.05) is 6.61 Å². The molecule has 0 saturated heterocycles. The van der Waals surface area contributed by atoms with E-state index in [9.17, 15) is 26.7 Å². The minimum Gasteiger partial charge on any atom is -0.369 e. The van der Waals surface area contributed by atoms with Gasteiger partial charge in [0.15, 0.2) is 5.82 Å². The van der Waals surface area contributed by atoms with E-state index < -0.39 is 30.7 Å². The van der Waals surface area contributed by atoms with Crippen molar-refractivity contribution in [3.63, 3.8) is 0 Å². The van der Waals surface area contributed by atoms with Crippen LogP contribution in [0.1, 0.15) is 73.5 Å². The Morgan fingerprint density at radius 2 is 1.83 bits per heavy atom. The van der Waals surface area contributed by atoms with E-state index >= 15 is 0 Å². The molecule has 192 valence electrons. The molecule has 1 amide bonds. The van der Waals surface area contributed by atoms with Crippen molar-refractivity contribution in [1.29, 1.82) is 0 Å². The number of amides is 1. The van der Waals surface area contributed by atoms with Crippen LogP contribution in [0.2, 0.25) is 0 Å². The Balaban J connectivity index is 1.46. The topological polar surface area (TPSA) is 81.9 Å². The first kappa shape index (κ1) is 25.5. The highest BCUT2D eigenvalue weighted by Gasteiger charge is 2.36. The standard InChI is InChI=1S/C23H28F5N5O2/c1-33-13-29-11-19(33)20-31-17(14-6-8-22(24,25)9-7-14)10-18(32-20)21(34)30-15-2-4-16(5-3-15)35-12-23(26,27)28/h10-11,13-16H,2-9,12H2,1H3,(H,30,34). The molecule has 2 aliphatic carbocycles. The van der Waals surface area contributed by atoms with Crippen LogP contribution >= 0.6 is 0 Å². The molecule has 2 heterocycles. The highest BCUT2D eigenvalue weighted by molar-refractivity contribution is 5.93. The number of ether oxygens (including phenoxy) is 1. The maximum Gasteiger partial charge on any atom is 0.411 e. The zero-order chi connectivity index (χ0) is 25.2. The summed E-state index contributed by atoms with van der Waals surface area (Å²) in [6.07, 6.45) is 0.134. The number of carbonyl (C=O) groups is 1. The number of nitrogens with one attached hydrogen (secondary N) is 1. The number of hydrogen-bond donors (Lipinski definition) is 1. The molecule has 7 nitrogen and oxygen atoms in total. The summed E-state index contributed by atoms with van der Waals surface area (Å²) in [4.78, 5) is 26.1. The number of alkyl halides is 5. The van der Waals surface area contributed by atoms with Crippen molar-refractivity contribution < 1.29 is 31.5 Å². The van der Waals surface area contributed by atoms with Crippen LogP contribution in [-0.4, -0.2) is 56.3 Å². The molecular formula is C23H28F5N5O2. The Labute approximate surface area is 199 Å². The van der Waals surface area contributed by atoms with E-state index in [-0.39, 0.29) is 49.2 Å². The lowest BCUT2D eigenvalue weighted by atomic mass is 9.84. The van der Waals surface area contributed by atoms with E-state index in [2.05, 4.69) is 20.3 Å². The summed E-state index contributed by atoms with van der Waals surface area (Å²) < 4.78 is 71.1. The number of aryl methyl sites for hydroxylation is 1. The van der Waals surface area contributed by atoms with Gasteiger partial charge in [-0.2, -0.15) is 13.2 Å².